The molecule has 0 bridgehead atoms. The highest BCUT2D eigenvalue weighted by molar-refractivity contribution is 7.10. The number of nitrogens with two attached hydrogens (primary N) is 1. The summed E-state index contributed by atoms with van der Waals surface area (Å²) in [4.78, 5) is 23.5. The van der Waals surface area contributed by atoms with Crippen LogP contribution in [0.15, 0.2) is 0 Å². The van der Waals surface area contributed by atoms with Gasteiger partial charge in [0.05, 0.1) is 5.69 Å². The molecule has 0 radical (unpaired) electrons. The summed E-state index contributed by atoms with van der Waals surface area (Å²) in [6, 6.07) is 0. The van der Waals surface area contributed by atoms with Gasteiger partial charge in [-0.1, -0.05) is 19.3 Å². The van der Waals surface area contributed by atoms with E-state index in [1.807, 2.05) is 0 Å². The van der Waals surface area contributed by atoms with Crippen molar-refractivity contribution < 1.29 is 14.3 Å². The lowest BCUT2D eigenvalue weighted by molar-refractivity contribution is -0.124. The number of nitrogens with zero attached hydrogens (tertiary/aromatic N) is 1. The smallest absolute Gasteiger partial charge is 0.343 e. The van der Waals surface area contributed by atoms with Gasteiger partial charge in [-0.05, 0) is 37.2 Å². The molecule has 1 aromatic heterocycles. The number of ether oxygens (including phenoxy) is 1. The van der Waals surface area contributed by atoms with Gasteiger partial charge >= 0.3 is 5.97 Å². The number of nitrogens with one attached hydrogen (secondary N) is 1. The molecule has 21 heavy (non-hydrogen) atoms. The average molecular weight is 311 g/mol. The van der Waals surface area contributed by atoms with Crippen molar-refractivity contribution in [1.82, 2.24) is 9.69 Å². The molecule has 1 heterocycles. The number of hydrogen-bond donors (Lipinski definition) is 2. The van der Waals surface area contributed by atoms with E-state index in [0.717, 1.165) is 24.4 Å². The first-order chi connectivity index (χ1) is 10.1. The van der Waals surface area contributed by atoms with Crippen LogP contribution in [0.3, 0.4) is 0 Å². The van der Waals surface area contributed by atoms with Gasteiger partial charge in [-0.15, -0.1) is 0 Å². The Morgan fingerprint density at radius 1 is 1.38 bits per heavy atom. The van der Waals surface area contributed by atoms with E-state index >= 15 is 0 Å². The van der Waals surface area contributed by atoms with Crippen molar-refractivity contribution in [2.24, 2.45) is 5.92 Å². The maximum absolute atomic E-state index is 11.8. The fourth-order valence-electron chi connectivity index (χ4n) is 2.54. The zero-order chi connectivity index (χ0) is 15.2. The lowest BCUT2D eigenvalue weighted by Crippen LogP contribution is -2.33. The Morgan fingerprint density at radius 2 is 2.10 bits per heavy atom. The molecule has 1 aliphatic rings. The van der Waals surface area contributed by atoms with Gasteiger partial charge in [0.2, 0.25) is 0 Å². The number of carbonyl (C=O) groups excluding carboxylic acids is 2. The van der Waals surface area contributed by atoms with Crippen LogP contribution < -0.4 is 11.1 Å². The maximum atomic E-state index is 11.8. The van der Waals surface area contributed by atoms with Gasteiger partial charge in [-0.2, -0.15) is 4.37 Å². The minimum atomic E-state index is -0.591. The van der Waals surface area contributed by atoms with E-state index in [9.17, 15) is 9.59 Å². The molecule has 1 aromatic rings. The van der Waals surface area contributed by atoms with Gasteiger partial charge in [0, 0.05) is 6.54 Å². The first-order valence-corrected chi connectivity index (χ1v) is 8.01. The minimum absolute atomic E-state index is 0.264. The third-order valence-electron chi connectivity index (χ3n) is 3.74. The maximum Gasteiger partial charge on any atom is 0.343 e. The van der Waals surface area contributed by atoms with E-state index in [1.165, 1.54) is 19.3 Å². The number of rotatable bonds is 5. The van der Waals surface area contributed by atoms with Gasteiger partial charge in [-0.3, -0.25) is 4.79 Å². The molecule has 0 aliphatic heterocycles. The summed E-state index contributed by atoms with van der Waals surface area (Å²) in [7, 11) is 0. The summed E-state index contributed by atoms with van der Waals surface area (Å²) in [5.41, 5.74) is 6.46. The molecule has 116 valence electrons. The van der Waals surface area contributed by atoms with Crippen LogP contribution in [-0.2, 0) is 9.53 Å². The average Bonchev–Trinajstić information content (AvgIpc) is 2.83. The molecular weight excluding hydrogens is 290 g/mol. The van der Waals surface area contributed by atoms with Gasteiger partial charge in [0.15, 0.2) is 6.61 Å². The summed E-state index contributed by atoms with van der Waals surface area (Å²) in [6.07, 6.45) is 6.09. The number of hydrogen-bond acceptors (Lipinski definition) is 6. The number of aryl methyl sites for hydroxylation is 1. The number of carbonyl (C=O) groups is 2. The zero-order valence-corrected chi connectivity index (χ0v) is 13.0. The van der Waals surface area contributed by atoms with E-state index in [-0.39, 0.29) is 18.1 Å². The number of anilines is 1. The van der Waals surface area contributed by atoms with Crippen LogP contribution in [0.2, 0.25) is 0 Å². The van der Waals surface area contributed by atoms with Crippen LogP contribution in [0.4, 0.5) is 5.00 Å². The third kappa shape index (κ3) is 4.42. The molecule has 0 aromatic carbocycles. The first-order valence-electron chi connectivity index (χ1n) is 7.23. The first kappa shape index (κ1) is 15.8. The molecule has 1 amide bonds. The molecule has 0 unspecified atom stereocenters. The minimum Gasteiger partial charge on any atom is -0.452 e. The van der Waals surface area contributed by atoms with Crippen molar-refractivity contribution in [2.75, 3.05) is 18.9 Å². The Bertz CT molecular complexity index is 490. The molecule has 1 saturated carbocycles. The van der Waals surface area contributed by atoms with Crippen molar-refractivity contribution in [3.8, 4) is 0 Å². The largest absolute Gasteiger partial charge is 0.452 e. The normalized spacial score (nSPS) is 15.7. The van der Waals surface area contributed by atoms with Crippen LogP contribution >= 0.6 is 11.5 Å². The fourth-order valence-corrected chi connectivity index (χ4v) is 3.19. The van der Waals surface area contributed by atoms with Crippen molar-refractivity contribution in [3.05, 3.63) is 11.3 Å². The standard InChI is InChI=1S/C14H21N3O3S/c1-9-12(13(15)21-17-9)14(19)20-8-11(18)16-7-10-5-3-2-4-6-10/h10H,2-8,15H2,1H3,(H,16,18). The molecule has 3 N–H and O–H groups in total. The van der Waals surface area contributed by atoms with Crippen LogP contribution in [0.25, 0.3) is 0 Å². The zero-order valence-electron chi connectivity index (χ0n) is 12.2. The summed E-state index contributed by atoms with van der Waals surface area (Å²) in [5, 5.41) is 3.14. The third-order valence-corrected chi connectivity index (χ3v) is 4.51. The highest BCUT2D eigenvalue weighted by Crippen LogP contribution is 2.23. The van der Waals surface area contributed by atoms with E-state index < -0.39 is 5.97 Å². The van der Waals surface area contributed by atoms with Gasteiger partial charge in [0.1, 0.15) is 10.6 Å². The molecule has 0 saturated heterocycles. The van der Waals surface area contributed by atoms with Gasteiger partial charge in [-0.25, -0.2) is 4.79 Å². The molecule has 6 nitrogen and oxygen atoms in total. The summed E-state index contributed by atoms with van der Waals surface area (Å²) in [6.45, 7) is 2.07. The molecule has 2 rings (SSSR count). The second kappa shape index (κ2) is 7.40. The lowest BCUT2D eigenvalue weighted by Gasteiger charge is -2.21. The van der Waals surface area contributed by atoms with Crippen LogP contribution in [0, 0.1) is 12.8 Å². The van der Waals surface area contributed by atoms with Gasteiger partial charge in [0.25, 0.3) is 5.91 Å². The quantitative estimate of drug-likeness (QED) is 0.810. The summed E-state index contributed by atoms with van der Waals surface area (Å²) >= 11 is 1.05. The Kier molecular flexibility index (Phi) is 5.55. The number of nitrogen functional groups attached to an aromatic ring is 1. The number of amides is 1. The predicted molar refractivity (Wildman–Crippen MR) is 81.1 cm³/mol. The van der Waals surface area contributed by atoms with Crippen molar-refractivity contribution in [2.45, 2.75) is 39.0 Å². The second-order valence-corrected chi connectivity index (χ2v) is 6.20. The molecule has 0 spiro atoms. The van der Waals surface area contributed by atoms with Crippen LogP contribution in [0.1, 0.15) is 48.2 Å². The number of esters is 1. The second-order valence-electron chi connectivity index (χ2n) is 5.39. The van der Waals surface area contributed by atoms with E-state index in [0.29, 0.717) is 23.2 Å². The summed E-state index contributed by atoms with van der Waals surface area (Å²) in [5.74, 6) is -0.308. The monoisotopic (exact) mass is 311 g/mol. The highest BCUT2D eigenvalue weighted by atomic mass is 32.1. The Balaban J connectivity index is 1.72. The summed E-state index contributed by atoms with van der Waals surface area (Å²) < 4.78 is 8.96. The Morgan fingerprint density at radius 3 is 2.71 bits per heavy atom. The highest BCUT2D eigenvalue weighted by Gasteiger charge is 2.19. The van der Waals surface area contributed by atoms with Crippen LogP contribution in [-0.4, -0.2) is 29.4 Å². The topological polar surface area (TPSA) is 94.3 Å². The van der Waals surface area contributed by atoms with E-state index in [4.69, 9.17) is 10.5 Å². The van der Waals surface area contributed by atoms with Crippen molar-refractivity contribution in [3.63, 3.8) is 0 Å². The SMILES string of the molecule is Cc1nsc(N)c1C(=O)OCC(=O)NCC1CCCCC1. The van der Waals surface area contributed by atoms with Gasteiger partial charge < -0.3 is 15.8 Å². The van der Waals surface area contributed by atoms with E-state index in [2.05, 4.69) is 9.69 Å². The molecule has 0 atom stereocenters. The molecule has 1 fully saturated rings. The molecule has 1 aliphatic carbocycles. The predicted octanol–water partition coefficient (Wildman–Crippen LogP) is 1.89. The molecular formula is C14H21N3O3S. The Labute approximate surface area is 128 Å². The molecule has 7 heteroatoms. The fraction of sp³-hybridized carbons (Fsp3) is 0.643. The Hall–Kier alpha value is -1.63. The van der Waals surface area contributed by atoms with Crippen molar-refractivity contribution in [1.29, 1.82) is 0 Å². The lowest BCUT2D eigenvalue weighted by atomic mass is 9.89. The van der Waals surface area contributed by atoms with Crippen molar-refractivity contribution >= 4 is 28.4 Å². The van der Waals surface area contributed by atoms with Crippen LogP contribution in [0.5, 0.6) is 0 Å². The van der Waals surface area contributed by atoms with E-state index in [1.54, 1.807) is 6.92 Å². The number of aromatic nitrogens is 1.